The fourth-order valence-electron chi connectivity index (χ4n) is 7.74. The third kappa shape index (κ3) is 7.22. The van der Waals surface area contributed by atoms with E-state index in [0.29, 0.717) is 5.92 Å². The summed E-state index contributed by atoms with van der Waals surface area (Å²) in [5, 5.41) is 2.36. The van der Waals surface area contributed by atoms with Crippen molar-refractivity contribution in [2.24, 2.45) is 10.9 Å². The molecule has 0 radical (unpaired) electrons. The highest BCUT2D eigenvalue weighted by Gasteiger charge is 2.27. The minimum absolute atomic E-state index is 0.437. The summed E-state index contributed by atoms with van der Waals surface area (Å²) in [7, 11) is 0. The van der Waals surface area contributed by atoms with E-state index in [1.165, 1.54) is 49.9 Å². The second kappa shape index (κ2) is 16.0. The molecule has 0 aromatic heterocycles. The SMILES string of the molecule is C=C(N=C(/C=C/c1ccc(-c2ccccc2)cc1)c1ccc(C2=CCC(CC)C(c3ccccc3)=C2c2ccccc2)c2ccccc12)c1ccccc1. The second-order valence-electron chi connectivity index (χ2n) is 13.8. The van der Waals surface area contributed by atoms with Crippen LogP contribution in [0.15, 0.2) is 206 Å². The van der Waals surface area contributed by atoms with Crippen molar-refractivity contribution < 1.29 is 0 Å². The first-order valence-corrected chi connectivity index (χ1v) is 18.9. The average Bonchev–Trinajstić information content (AvgIpc) is 3.25. The predicted molar refractivity (Wildman–Crippen MR) is 233 cm³/mol. The lowest BCUT2D eigenvalue weighted by Crippen LogP contribution is -2.11. The maximum absolute atomic E-state index is 5.24. The van der Waals surface area contributed by atoms with Crippen LogP contribution in [0.1, 0.15) is 53.1 Å². The number of allylic oxidation sites excluding steroid dienone is 5. The predicted octanol–water partition coefficient (Wildman–Crippen LogP) is 14.1. The van der Waals surface area contributed by atoms with Gasteiger partial charge in [-0.05, 0) is 91.3 Å². The molecular weight excluding hydrogens is 651 g/mol. The van der Waals surface area contributed by atoms with Gasteiger partial charge in [-0.1, -0.05) is 208 Å². The number of aliphatic imine (C=N–C) groups is 1. The van der Waals surface area contributed by atoms with E-state index < -0.39 is 0 Å². The summed E-state index contributed by atoms with van der Waals surface area (Å²) in [5.41, 5.74) is 15.0. The Morgan fingerprint density at radius 1 is 0.593 bits per heavy atom. The molecule has 7 aromatic carbocycles. The van der Waals surface area contributed by atoms with Gasteiger partial charge in [0.25, 0.3) is 0 Å². The van der Waals surface area contributed by atoms with Crippen LogP contribution in [-0.4, -0.2) is 5.71 Å². The van der Waals surface area contributed by atoms with E-state index in [4.69, 9.17) is 4.99 Å². The zero-order valence-corrected chi connectivity index (χ0v) is 30.7. The maximum Gasteiger partial charge on any atom is 0.0715 e. The molecular formula is C53H43N. The Hall–Kier alpha value is -6.57. The molecule has 54 heavy (non-hydrogen) atoms. The molecule has 1 nitrogen and oxygen atoms in total. The van der Waals surface area contributed by atoms with Gasteiger partial charge in [-0.2, -0.15) is 0 Å². The molecule has 0 N–H and O–H groups in total. The van der Waals surface area contributed by atoms with Crippen molar-refractivity contribution in [2.45, 2.75) is 19.8 Å². The summed E-state index contributed by atoms with van der Waals surface area (Å²) >= 11 is 0. The van der Waals surface area contributed by atoms with Gasteiger partial charge < -0.3 is 0 Å². The largest absolute Gasteiger partial charge is 0.248 e. The zero-order valence-electron chi connectivity index (χ0n) is 30.7. The monoisotopic (exact) mass is 693 g/mol. The minimum atomic E-state index is 0.437. The van der Waals surface area contributed by atoms with Gasteiger partial charge in [-0.15, -0.1) is 0 Å². The molecule has 1 heteroatoms. The lowest BCUT2D eigenvalue weighted by Gasteiger charge is -2.30. The van der Waals surface area contributed by atoms with Crippen LogP contribution in [-0.2, 0) is 0 Å². The molecule has 7 aromatic rings. The van der Waals surface area contributed by atoms with Gasteiger partial charge in [0.1, 0.15) is 0 Å². The normalized spacial score (nSPS) is 14.7. The first-order chi connectivity index (χ1) is 26.7. The standard InChI is InChI=1S/C53H43N/c1-3-40-33-34-50(53(45-24-14-7-15-25-45)52(40)44-22-12-6-13-23-44)48-35-36-49(47-27-17-16-26-46(47)48)51(54-38(2)41-18-8-4-9-19-41)37-30-39-28-31-43(32-29-39)42-20-10-5-11-21-42/h4-32,34-37,40H,2-3,33H2,1H3/b37-30+,54-51?. The van der Waals surface area contributed by atoms with E-state index in [1.54, 1.807) is 0 Å². The quantitative estimate of drug-likeness (QED) is 0.126. The van der Waals surface area contributed by atoms with Crippen molar-refractivity contribution in [3.05, 3.63) is 234 Å². The molecule has 260 valence electrons. The van der Waals surface area contributed by atoms with Gasteiger partial charge in [0, 0.05) is 5.56 Å². The molecule has 1 atom stereocenters. The van der Waals surface area contributed by atoms with Crippen molar-refractivity contribution in [2.75, 3.05) is 0 Å². The van der Waals surface area contributed by atoms with E-state index in [0.717, 1.165) is 46.3 Å². The van der Waals surface area contributed by atoms with Crippen LogP contribution in [0.25, 0.3) is 50.4 Å². The molecule has 0 aliphatic heterocycles. The van der Waals surface area contributed by atoms with Gasteiger partial charge in [-0.3, -0.25) is 0 Å². The molecule has 1 aliphatic rings. The maximum atomic E-state index is 5.24. The number of rotatable bonds is 10. The summed E-state index contributed by atoms with van der Waals surface area (Å²) in [4.78, 5) is 5.24. The van der Waals surface area contributed by atoms with Gasteiger partial charge in [-0.25, -0.2) is 4.99 Å². The lowest BCUT2D eigenvalue weighted by atomic mass is 9.74. The highest BCUT2D eigenvalue weighted by Crippen LogP contribution is 2.48. The Labute approximate surface area is 319 Å². The second-order valence-corrected chi connectivity index (χ2v) is 13.8. The van der Waals surface area contributed by atoms with Gasteiger partial charge >= 0.3 is 0 Å². The fraction of sp³-hybridized carbons (Fsp3) is 0.0755. The van der Waals surface area contributed by atoms with Crippen LogP contribution in [0.5, 0.6) is 0 Å². The molecule has 0 spiro atoms. The summed E-state index contributed by atoms with van der Waals surface area (Å²) in [5.74, 6) is 0.437. The molecule has 0 heterocycles. The Morgan fingerprint density at radius 2 is 1.15 bits per heavy atom. The average molecular weight is 694 g/mol. The van der Waals surface area contributed by atoms with Crippen LogP contribution in [0.3, 0.4) is 0 Å². The molecule has 1 aliphatic carbocycles. The number of benzene rings is 7. The Bertz CT molecular complexity index is 2520. The van der Waals surface area contributed by atoms with Crippen LogP contribution >= 0.6 is 0 Å². The highest BCUT2D eigenvalue weighted by atomic mass is 14.8. The molecule has 0 saturated heterocycles. The van der Waals surface area contributed by atoms with Crippen molar-refractivity contribution in [3.63, 3.8) is 0 Å². The number of nitrogens with zero attached hydrogens (tertiary/aromatic N) is 1. The van der Waals surface area contributed by atoms with Crippen LogP contribution < -0.4 is 0 Å². The van der Waals surface area contributed by atoms with Gasteiger partial charge in [0.15, 0.2) is 0 Å². The molecule has 8 rings (SSSR count). The topological polar surface area (TPSA) is 12.4 Å². The number of hydrogen-bond donors (Lipinski definition) is 0. The van der Waals surface area contributed by atoms with Crippen molar-refractivity contribution in [3.8, 4) is 11.1 Å². The number of hydrogen-bond acceptors (Lipinski definition) is 1. The minimum Gasteiger partial charge on any atom is -0.248 e. The first kappa shape index (κ1) is 34.5. The third-order valence-corrected chi connectivity index (χ3v) is 10.5. The summed E-state index contributed by atoms with van der Waals surface area (Å²) in [6.45, 7) is 6.73. The highest BCUT2D eigenvalue weighted by molar-refractivity contribution is 6.23. The van der Waals surface area contributed by atoms with Crippen molar-refractivity contribution >= 4 is 45.0 Å². The first-order valence-electron chi connectivity index (χ1n) is 18.9. The van der Waals surface area contributed by atoms with E-state index in [-0.39, 0.29) is 0 Å². The van der Waals surface area contributed by atoms with Crippen molar-refractivity contribution in [1.29, 1.82) is 0 Å². The van der Waals surface area contributed by atoms with E-state index in [9.17, 15) is 0 Å². The van der Waals surface area contributed by atoms with E-state index in [2.05, 4.69) is 196 Å². The summed E-state index contributed by atoms with van der Waals surface area (Å²) in [6.07, 6.45) is 8.86. The van der Waals surface area contributed by atoms with Crippen molar-refractivity contribution in [1.82, 2.24) is 0 Å². The van der Waals surface area contributed by atoms with Gasteiger partial charge in [0.2, 0.25) is 0 Å². The molecule has 1 unspecified atom stereocenters. The number of fused-ring (bicyclic) bond motifs is 1. The lowest BCUT2D eigenvalue weighted by molar-refractivity contribution is 0.655. The smallest absolute Gasteiger partial charge is 0.0715 e. The van der Waals surface area contributed by atoms with E-state index in [1.807, 2.05) is 18.2 Å². The third-order valence-electron chi connectivity index (χ3n) is 10.5. The molecule has 0 fully saturated rings. The van der Waals surface area contributed by atoms with Gasteiger partial charge in [0.05, 0.1) is 11.4 Å². The van der Waals surface area contributed by atoms with Crippen LogP contribution in [0, 0.1) is 5.92 Å². The fourth-order valence-corrected chi connectivity index (χ4v) is 7.74. The Kier molecular flexibility index (Phi) is 10.2. The van der Waals surface area contributed by atoms with Crippen LogP contribution in [0.2, 0.25) is 0 Å². The Morgan fingerprint density at radius 3 is 1.80 bits per heavy atom. The Balaban J connectivity index is 1.26. The molecule has 0 amide bonds. The summed E-state index contributed by atoms with van der Waals surface area (Å²) < 4.78 is 0. The zero-order chi connectivity index (χ0) is 36.7. The van der Waals surface area contributed by atoms with E-state index >= 15 is 0 Å². The molecule has 0 bridgehead atoms. The summed E-state index contributed by atoms with van der Waals surface area (Å²) in [6, 6.07) is 64.7. The molecule has 0 saturated carbocycles. The van der Waals surface area contributed by atoms with Crippen LogP contribution in [0.4, 0.5) is 0 Å².